The Kier molecular flexibility index (Phi) is 7.20. The third-order valence-corrected chi connectivity index (χ3v) is 5.78. The molecule has 0 unspecified atom stereocenters. The Hall–Kier alpha value is -3.86. The number of carbonyl (C=O) groups excluding carboxylic acids is 1. The number of hydrogen-bond donors (Lipinski definition) is 1. The van der Waals surface area contributed by atoms with Crippen LogP contribution in [0.5, 0.6) is 5.75 Å². The van der Waals surface area contributed by atoms with E-state index in [0.717, 1.165) is 23.8 Å². The van der Waals surface area contributed by atoms with Crippen molar-refractivity contribution in [1.29, 1.82) is 0 Å². The second kappa shape index (κ2) is 10.6. The largest absolute Gasteiger partial charge is 0.497 e. The third-order valence-electron chi connectivity index (χ3n) is 5.78. The average Bonchev–Trinajstić information content (AvgIpc) is 2.85. The summed E-state index contributed by atoms with van der Waals surface area (Å²) in [6.07, 6.45) is 2.12. The second-order valence-electron chi connectivity index (χ2n) is 8.06. The third kappa shape index (κ3) is 5.69. The highest BCUT2D eigenvalue weighted by atomic mass is 16.5. The maximum atomic E-state index is 13.4. The summed E-state index contributed by atoms with van der Waals surface area (Å²) in [5, 5.41) is 3.86. The number of carbonyl (C=O) groups is 1. The fourth-order valence-corrected chi connectivity index (χ4v) is 3.99. The molecule has 0 spiro atoms. The van der Waals surface area contributed by atoms with Gasteiger partial charge in [-0.3, -0.25) is 14.2 Å². The van der Waals surface area contributed by atoms with Gasteiger partial charge < -0.3 is 10.1 Å². The summed E-state index contributed by atoms with van der Waals surface area (Å²) in [5.41, 5.74) is 3.60. The molecule has 4 aromatic rings. The Morgan fingerprint density at radius 3 is 2.18 bits per heavy atom. The van der Waals surface area contributed by atoms with Crippen LogP contribution in [0.1, 0.15) is 16.7 Å². The molecule has 1 heterocycles. The lowest BCUT2D eigenvalue weighted by molar-refractivity contribution is -0.121. The van der Waals surface area contributed by atoms with Crippen molar-refractivity contribution in [2.24, 2.45) is 0 Å². The van der Waals surface area contributed by atoms with Gasteiger partial charge in [0.25, 0.3) is 5.56 Å². The van der Waals surface area contributed by atoms with Gasteiger partial charge in [-0.2, -0.15) is 0 Å². The molecule has 1 N–H and O–H groups in total. The van der Waals surface area contributed by atoms with E-state index in [2.05, 4.69) is 17.4 Å². The normalized spacial score (nSPS) is 10.8. The fourth-order valence-electron chi connectivity index (χ4n) is 3.99. The number of benzene rings is 3. The molecule has 3 aromatic carbocycles. The topological polar surface area (TPSA) is 60.3 Å². The van der Waals surface area contributed by atoms with Gasteiger partial charge in [0.2, 0.25) is 5.91 Å². The van der Waals surface area contributed by atoms with E-state index in [1.807, 2.05) is 72.8 Å². The summed E-state index contributed by atoms with van der Waals surface area (Å²) in [5.74, 6) is 0.467. The average molecular weight is 441 g/mol. The quantitative estimate of drug-likeness (QED) is 0.425. The van der Waals surface area contributed by atoms with E-state index in [1.54, 1.807) is 11.7 Å². The molecule has 0 saturated heterocycles. The molecule has 33 heavy (non-hydrogen) atoms. The summed E-state index contributed by atoms with van der Waals surface area (Å²) in [4.78, 5) is 26.1. The molecule has 5 heteroatoms. The van der Waals surface area contributed by atoms with E-state index in [1.165, 1.54) is 5.56 Å². The lowest BCUT2D eigenvalue weighted by Crippen LogP contribution is -2.34. The molecule has 5 nitrogen and oxygen atoms in total. The van der Waals surface area contributed by atoms with Crippen LogP contribution in [-0.2, 0) is 30.6 Å². The van der Waals surface area contributed by atoms with Crippen LogP contribution in [0.4, 0.5) is 0 Å². The molecule has 4 rings (SSSR count). The molecule has 1 aromatic heterocycles. The first kappa shape index (κ1) is 22.3. The minimum Gasteiger partial charge on any atom is -0.497 e. The highest BCUT2D eigenvalue weighted by Crippen LogP contribution is 2.21. The number of aromatic nitrogens is 1. The number of nitrogens with zero attached hydrogens (tertiary/aromatic N) is 1. The molecular weight excluding hydrogens is 412 g/mol. The van der Waals surface area contributed by atoms with Crippen LogP contribution >= 0.6 is 0 Å². The van der Waals surface area contributed by atoms with E-state index in [0.29, 0.717) is 29.8 Å². The van der Waals surface area contributed by atoms with Gasteiger partial charge in [0.15, 0.2) is 0 Å². The summed E-state index contributed by atoms with van der Waals surface area (Å²) in [6, 6.07) is 27.7. The van der Waals surface area contributed by atoms with Crippen LogP contribution < -0.4 is 15.6 Å². The maximum Gasteiger partial charge on any atom is 0.254 e. The molecule has 1 amide bonds. The standard InChI is InChI=1S/C28H28N2O3/c1-33-25-15-14-23-18-24(13-12-21-8-4-2-5-9-21)28(32)30(26(23)19-25)20-27(31)29-17-16-22-10-6-3-7-11-22/h2-11,14-15,18-19H,12-13,16-17,20H2,1H3,(H,29,31). The van der Waals surface area contributed by atoms with Gasteiger partial charge in [-0.1, -0.05) is 60.7 Å². The van der Waals surface area contributed by atoms with Crippen molar-refractivity contribution in [3.63, 3.8) is 0 Å². The van der Waals surface area contributed by atoms with Crippen LogP contribution in [0, 0.1) is 0 Å². The van der Waals surface area contributed by atoms with Gasteiger partial charge in [-0.15, -0.1) is 0 Å². The summed E-state index contributed by atoms with van der Waals surface area (Å²) < 4.78 is 6.92. The number of pyridine rings is 1. The molecular formula is C28H28N2O3. The first-order valence-corrected chi connectivity index (χ1v) is 11.2. The van der Waals surface area contributed by atoms with Crippen LogP contribution in [0.2, 0.25) is 0 Å². The number of nitrogens with one attached hydrogen (secondary N) is 1. The first-order chi connectivity index (χ1) is 16.1. The highest BCUT2D eigenvalue weighted by molar-refractivity contribution is 5.84. The highest BCUT2D eigenvalue weighted by Gasteiger charge is 2.13. The number of fused-ring (bicyclic) bond motifs is 1. The lowest BCUT2D eigenvalue weighted by Gasteiger charge is -2.14. The molecule has 0 radical (unpaired) electrons. The monoisotopic (exact) mass is 440 g/mol. The lowest BCUT2D eigenvalue weighted by atomic mass is 10.0. The first-order valence-electron chi connectivity index (χ1n) is 11.2. The summed E-state index contributed by atoms with van der Waals surface area (Å²) >= 11 is 0. The zero-order valence-electron chi connectivity index (χ0n) is 18.8. The Morgan fingerprint density at radius 2 is 1.52 bits per heavy atom. The molecule has 0 aliphatic rings. The van der Waals surface area contributed by atoms with Crippen LogP contribution in [0.25, 0.3) is 10.9 Å². The van der Waals surface area contributed by atoms with Crippen LogP contribution in [0.15, 0.2) is 89.7 Å². The van der Waals surface area contributed by atoms with Crippen molar-refractivity contribution in [3.8, 4) is 5.75 Å². The number of hydrogen-bond acceptors (Lipinski definition) is 3. The predicted molar refractivity (Wildman–Crippen MR) is 132 cm³/mol. The van der Waals surface area contributed by atoms with Gasteiger partial charge in [-0.05, 0) is 54.0 Å². The van der Waals surface area contributed by atoms with E-state index in [4.69, 9.17) is 4.74 Å². The van der Waals surface area contributed by atoms with Crippen molar-refractivity contribution in [3.05, 3.63) is 112 Å². The zero-order chi connectivity index (χ0) is 23.0. The Bertz CT molecular complexity index is 1280. The van der Waals surface area contributed by atoms with Crippen molar-refractivity contribution >= 4 is 16.8 Å². The van der Waals surface area contributed by atoms with E-state index >= 15 is 0 Å². The maximum absolute atomic E-state index is 13.4. The SMILES string of the molecule is COc1ccc2cc(CCc3ccccc3)c(=O)n(CC(=O)NCCc3ccccc3)c2c1. The summed E-state index contributed by atoms with van der Waals surface area (Å²) in [6.45, 7) is 0.489. The van der Waals surface area contributed by atoms with E-state index in [9.17, 15) is 9.59 Å². The second-order valence-corrected chi connectivity index (χ2v) is 8.06. The van der Waals surface area contributed by atoms with E-state index < -0.39 is 0 Å². The molecule has 0 atom stereocenters. The fraction of sp³-hybridized carbons (Fsp3) is 0.214. The smallest absolute Gasteiger partial charge is 0.254 e. The number of ether oxygens (including phenoxy) is 1. The molecule has 0 aliphatic heterocycles. The zero-order valence-corrected chi connectivity index (χ0v) is 18.8. The van der Waals surface area contributed by atoms with Gasteiger partial charge in [0.1, 0.15) is 12.3 Å². The molecule has 0 fully saturated rings. The van der Waals surface area contributed by atoms with Crippen LogP contribution in [0.3, 0.4) is 0 Å². The molecule has 168 valence electrons. The van der Waals surface area contributed by atoms with E-state index in [-0.39, 0.29) is 18.0 Å². The van der Waals surface area contributed by atoms with Crippen molar-refractivity contribution in [1.82, 2.24) is 9.88 Å². The Balaban J connectivity index is 1.56. The van der Waals surface area contributed by atoms with Gasteiger partial charge in [0.05, 0.1) is 12.6 Å². The van der Waals surface area contributed by atoms with Crippen molar-refractivity contribution in [2.45, 2.75) is 25.8 Å². The molecule has 0 aliphatic carbocycles. The van der Waals surface area contributed by atoms with Crippen molar-refractivity contribution < 1.29 is 9.53 Å². The number of amides is 1. The summed E-state index contributed by atoms with van der Waals surface area (Å²) in [7, 11) is 1.59. The predicted octanol–water partition coefficient (Wildman–Crippen LogP) is 4.15. The van der Waals surface area contributed by atoms with Gasteiger partial charge in [-0.25, -0.2) is 0 Å². The number of methoxy groups -OCH3 is 1. The Morgan fingerprint density at radius 1 is 0.848 bits per heavy atom. The Labute approximate surface area is 193 Å². The van der Waals surface area contributed by atoms with Crippen molar-refractivity contribution in [2.75, 3.05) is 13.7 Å². The molecule has 0 bridgehead atoms. The van der Waals surface area contributed by atoms with Gasteiger partial charge >= 0.3 is 0 Å². The minimum atomic E-state index is -0.183. The van der Waals surface area contributed by atoms with Crippen LogP contribution in [-0.4, -0.2) is 24.1 Å². The van der Waals surface area contributed by atoms with Gasteiger partial charge in [0, 0.05) is 18.2 Å². The number of rotatable bonds is 9. The molecule has 0 saturated carbocycles. The number of aryl methyl sites for hydroxylation is 2. The minimum absolute atomic E-state index is 0.0313.